The molecule has 0 bridgehead atoms. The molecule has 1 unspecified atom stereocenters. The van der Waals surface area contributed by atoms with Crippen molar-refractivity contribution in [2.45, 2.75) is 32.2 Å². The van der Waals surface area contributed by atoms with Crippen LogP contribution in [0, 0.1) is 0 Å². The van der Waals surface area contributed by atoms with Crippen LogP contribution in [0.15, 0.2) is 23.8 Å². The van der Waals surface area contributed by atoms with Crippen molar-refractivity contribution in [1.29, 1.82) is 0 Å². The lowest BCUT2D eigenvalue weighted by atomic mass is 9.94. The molecule has 74 valence electrons. The minimum absolute atomic E-state index is 0.259. The van der Waals surface area contributed by atoms with Crippen molar-refractivity contribution in [2.75, 3.05) is 0 Å². The zero-order valence-electron chi connectivity index (χ0n) is 7.48. The monoisotopic (exact) mass is 192 g/mol. The molecule has 0 amide bonds. The van der Waals surface area contributed by atoms with Crippen LogP contribution in [0.4, 0.5) is 13.2 Å². The molecule has 4 heteroatoms. The Kier molecular flexibility index (Phi) is 2.52. The van der Waals surface area contributed by atoms with Gasteiger partial charge in [0.05, 0.1) is 5.60 Å². The fraction of sp³-hybridized carbons (Fsp3) is 0.556. The van der Waals surface area contributed by atoms with Gasteiger partial charge in [-0.25, -0.2) is 0 Å². The first kappa shape index (κ1) is 10.3. The fourth-order valence-corrected chi connectivity index (χ4v) is 1.15. The molecule has 0 saturated heterocycles. The Balaban J connectivity index is 2.66. The smallest absolute Gasteiger partial charge is 0.281 e. The largest absolute Gasteiger partial charge is 0.523 e. The summed E-state index contributed by atoms with van der Waals surface area (Å²) in [4.78, 5) is 0. The zero-order valence-corrected chi connectivity index (χ0v) is 7.48. The van der Waals surface area contributed by atoms with Gasteiger partial charge < -0.3 is 0 Å². The highest BCUT2D eigenvalue weighted by Gasteiger charge is 2.39. The van der Waals surface area contributed by atoms with E-state index in [1.165, 1.54) is 13.0 Å². The van der Waals surface area contributed by atoms with E-state index in [1.54, 1.807) is 12.2 Å². The third-order valence-corrected chi connectivity index (χ3v) is 1.88. The van der Waals surface area contributed by atoms with Crippen molar-refractivity contribution in [1.82, 2.24) is 0 Å². The second-order valence-corrected chi connectivity index (χ2v) is 3.35. The predicted octanol–water partition coefficient (Wildman–Crippen LogP) is 3.19. The van der Waals surface area contributed by atoms with E-state index in [2.05, 4.69) is 4.74 Å². The summed E-state index contributed by atoms with van der Waals surface area (Å²) in [6.07, 6.45) is 0.490. The Morgan fingerprint density at radius 1 is 1.46 bits per heavy atom. The topological polar surface area (TPSA) is 9.23 Å². The van der Waals surface area contributed by atoms with Gasteiger partial charge >= 0.3 is 6.36 Å². The van der Waals surface area contributed by atoms with E-state index in [4.69, 9.17) is 0 Å². The normalized spacial score (nSPS) is 28.8. The summed E-state index contributed by atoms with van der Waals surface area (Å²) in [6, 6.07) is 0. The summed E-state index contributed by atoms with van der Waals surface area (Å²) in [5, 5.41) is 0. The van der Waals surface area contributed by atoms with Crippen molar-refractivity contribution in [3.05, 3.63) is 23.8 Å². The Labute approximate surface area is 74.9 Å². The van der Waals surface area contributed by atoms with Crippen LogP contribution in [-0.4, -0.2) is 12.0 Å². The third-order valence-electron chi connectivity index (χ3n) is 1.88. The van der Waals surface area contributed by atoms with Crippen LogP contribution >= 0.6 is 0 Å². The van der Waals surface area contributed by atoms with E-state index in [0.29, 0.717) is 0 Å². The molecule has 13 heavy (non-hydrogen) atoms. The summed E-state index contributed by atoms with van der Waals surface area (Å²) in [5.41, 5.74) is -0.277. The van der Waals surface area contributed by atoms with Crippen molar-refractivity contribution in [3.63, 3.8) is 0 Å². The summed E-state index contributed by atoms with van der Waals surface area (Å²) >= 11 is 0. The number of rotatable bonds is 1. The highest BCUT2D eigenvalue weighted by atomic mass is 19.4. The lowest BCUT2D eigenvalue weighted by molar-refractivity contribution is -0.355. The maximum absolute atomic E-state index is 11.9. The molecule has 0 aromatic heterocycles. The van der Waals surface area contributed by atoms with E-state index < -0.39 is 12.0 Å². The molecule has 0 heterocycles. The number of allylic oxidation sites excluding steroid dienone is 2. The Hall–Kier alpha value is -0.770. The van der Waals surface area contributed by atoms with Crippen LogP contribution in [0.1, 0.15) is 20.3 Å². The van der Waals surface area contributed by atoms with Gasteiger partial charge in [-0.2, -0.15) is 0 Å². The molecule has 0 aliphatic heterocycles. The van der Waals surface area contributed by atoms with E-state index >= 15 is 0 Å². The molecular formula is C9H11F3O. The Morgan fingerprint density at radius 3 is 2.46 bits per heavy atom. The van der Waals surface area contributed by atoms with Gasteiger partial charge in [0.2, 0.25) is 0 Å². The molecule has 0 N–H and O–H groups in total. The van der Waals surface area contributed by atoms with Gasteiger partial charge in [-0.1, -0.05) is 23.8 Å². The van der Waals surface area contributed by atoms with Gasteiger partial charge in [-0.15, -0.1) is 13.2 Å². The van der Waals surface area contributed by atoms with E-state index in [0.717, 1.165) is 5.57 Å². The second kappa shape index (κ2) is 3.18. The average Bonchev–Trinajstić information content (AvgIpc) is 1.92. The maximum atomic E-state index is 11.9. The minimum atomic E-state index is -4.57. The minimum Gasteiger partial charge on any atom is -0.281 e. The molecule has 0 fully saturated rings. The molecule has 1 aliphatic rings. The van der Waals surface area contributed by atoms with Crippen LogP contribution in [-0.2, 0) is 4.74 Å². The average molecular weight is 192 g/mol. The van der Waals surface area contributed by atoms with Crippen molar-refractivity contribution in [3.8, 4) is 0 Å². The molecule has 1 atom stereocenters. The lowest BCUT2D eigenvalue weighted by Crippen LogP contribution is -2.34. The van der Waals surface area contributed by atoms with Gasteiger partial charge in [-0.3, -0.25) is 4.74 Å². The standard InChI is InChI=1S/C9H11F3O/c1-7-3-5-8(2,6-4-7)13-9(10,11)12/h3-5H,6H2,1-2H3. The highest BCUT2D eigenvalue weighted by molar-refractivity contribution is 5.25. The quantitative estimate of drug-likeness (QED) is 0.620. The molecule has 0 aromatic carbocycles. The summed E-state index contributed by atoms with van der Waals surface area (Å²) < 4.78 is 39.7. The Bertz CT molecular complexity index is 252. The molecule has 1 rings (SSSR count). The molecule has 1 nitrogen and oxygen atoms in total. The molecule has 0 aromatic rings. The number of alkyl halides is 3. The number of halogens is 3. The molecule has 1 aliphatic carbocycles. The van der Waals surface area contributed by atoms with Crippen molar-refractivity contribution >= 4 is 0 Å². The molecule has 0 radical (unpaired) electrons. The van der Waals surface area contributed by atoms with Crippen LogP contribution in [0.25, 0.3) is 0 Å². The predicted molar refractivity (Wildman–Crippen MR) is 43.1 cm³/mol. The maximum Gasteiger partial charge on any atom is 0.523 e. The lowest BCUT2D eigenvalue weighted by Gasteiger charge is -2.28. The highest BCUT2D eigenvalue weighted by Crippen LogP contribution is 2.31. The SMILES string of the molecule is CC1=CCC(C)(OC(F)(F)F)C=C1. The zero-order chi connectivity index (χ0) is 10.1. The first-order valence-electron chi connectivity index (χ1n) is 3.94. The third kappa shape index (κ3) is 3.22. The number of hydrogen-bond donors (Lipinski definition) is 0. The second-order valence-electron chi connectivity index (χ2n) is 3.35. The first-order valence-corrected chi connectivity index (χ1v) is 3.94. The van der Waals surface area contributed by atoms with Gasteiger partial charge in [0, 0.05) is 0 Å². The van der Waals surface area contributed by atoms with E-state index in [-0.39, 0.29) is 6.42 Å². The number of hydrogen-bond acceptors (Lipinski definition) is 1. The van der Waals surface area contributed by atoms with Gasteiger partial charge in [0.15, 0.2) is 0 Å². The van der Waals surface area contributed by atoms with Crippen LogP contribution in [0.5, 0.6) is 0 Å². The fourth-order valence-electron chi connectivity index (χ4n) is 1.15. The van der Waals surface area contributed by atoms with Gasteiger partial charge in [-0.05, 0) is 20.3 Å². The van der Waals surface area contributed by atoms with Crippen LogP contribution in [0.2, 0.25) is 0 Å². The Morgan fingerprint density at radius 2 is 2.08 bits per heavy atom. The number of ether oxygens (including phenoxy) is 1. The van der Waals surface area contributed by atoms with E-state index in [1.807, 2.05) is 6.92 Å². The van der Waals surface area contributed by atoms with Gasteiger partial charge in [0.1, 0.15) is 0 Å². The first-order chi connectivity index (χ1) is 5.81. The molecule has 0 saturated carbocycles. The summed E-state index contributed by atoms with van der Waals surface area (Å²) in [5.74, 6) is 0. The van der Waals surface area contributed by atoms with Crippen LogP contribution < -0.4 is 0 Å². The van der Waals surface area contributed by atoms with Crippen molar-refractivity contribution < 1.29 is 17.9 Å². The summed E-state index contributed by atoms with van der Waals surface area (Å²) in [7, 11) is 0. The van der Waals surface area contributed by atoms with Crippen LogP contribution in [0.3, 0.4) is 0 Å². The molecule has 0 spiro atoms. The van der Waals surface area contributed by atoms with E-state index in [9.17, 15) is 13.2 Å². The van der Waals surface area contributed by atoms with Crippen molar-refractivity contribution in [2.24, 2.45) is 0 Å². The summed E-state index contributed by atoms with van der Waals surface area (Å²) in [6.45, 7) is 3.25. The molecular weight excluding hydrogens is 181 g/mol. The van der Waals surface area contributed by atoms with Gasteiger partial charge in [0.25, 0.3) is 0 Å².